The Bertz CT molecular complexity index is 355. The number of rotatable bonds is 9. The third-order valence-electron chi connectivity index (χ3n) is 4.73. The molecule has 1 saturated heterocycles. The highest BCUT2D eigenvalue weighted by Gasteiger charge is 2.46. The van der Waals surface area contributed by atoms with Gasteiger partial charge in [-0.15, -0.1) is 0 Å². The van der Waals surface area contributed by atoms with Crippen molar-refractivity contribution in [2.45, 2.75) is 71.5 Å². The van der Waals surface area contributed by atoms with Gasteiger partial charge >= 0.3 is 0 Å². The smallest absolute Gasteiger partial charge is 0.243 e. The molecule has 2 fully saturated rings. The van der Waals surface area contributed by atoms with E-state index < -0.39 is 0 Å². The molecule has 0 aromatic carbocycles. The van der Waals surface area contributed by atoms with Gasteiger partial charge in [0.05, 0.1) is 11.7 Å². The first-order valence-corrected chi connectivity index (χ1v) is 8.62. The third kappa shape index (κ3) is 4.43. The topological polar surface area (TPSA) is 41.6 Å². The number of carbonyl (C=O) groups excluding carboxylic acids is 1. The fraction of sp³-hybridized carbons (Fsp3) is 0.941. The van der Waals surface area contributed by atoms with Gasteiger partial charge in [-0.05, 0) is 50.9 Å². The Morgan fingerprint density at radius 3 is 2.71 bits per heavy atom. The molecule has 1 saturated carbocycles. The highest BCUT2D eigenvalue weighted by atomic mass is 16.5. The minimum absolute atomic E-state index is 0.186. The Morgan fingerprint density at radius 1 is 1.43 bits per heavy atom. The molecular formula is C17H32N2O2. The number of carbonyl (C=O) groups is 1. The summed E-state index contributed by atoms with van der Waals surface area (Å²) in [7, 11) is 0. The zero-order valence-electron chi connectivity index (χ0n) is 14.2. The van der Waals surface area contributed by atoms with Crippen LogP contribution in [0.1, 0.15) is 59.8 Å². The van der Waals surface area contributed by atoms with Crippen molar-refractivity contribution in [1.82, 2.24) is 10.2 Å². The van der Waals surface area contributed by atoms with Gasteiger partial charge in [-0.1, -0.05) is 20.8 Å². The molecule has 2 unspecified atom stereocenters. The van der Waals surface area contributed by atoms with Gasteiger partial charge in [0.25, 0.3) is 0 Å². The summed E-state index contributed by atoms with van der Waals surface area (Å²) in [4.78, 5) is 14.7. The van der Waals surface area contributed by atoms with Crippen LogP contribution in [-0.4, -0.2) is 42.3 Å². The molecule has 1 heterocycles. The van der Waals surface area contributed by atoms with E-state index in [0.717, 1.165) is 44.9 Å². The molecular weight excluding hydrogens is 264 g/mol. The van der Waals surface area contributed by atoms with E-state index in [1.54, 1.807) is 0 Å². The molecule has 0 bridgehead atoms. The molecule has 4 nitrogen and oxygen atoms in total. The largest absolute Gasteiger partial charge is 0.381 e. The Labute approximate surface area is 129 Å². The Kier molecular flexibility index (Phi) is 5.67. The zero-order valence-corrected chi connectivity index (χ0v) is 14.2. The van der Waals surface area contributed by atoms with Crippen molar-refractivity contribution in [2.24, 2.45) is 11.8 Å². The second-order valence-corrected chi connectivity index (χ2v) is 7.35. The van der Waals surface area contributed by atoms with Crippen molar-refractivity contribution in [3.8, 4) is 0 Å². The molecule has 122 valence electrons. The standard InChI is InChI=1S/C17H32N2O2/c1-5-17(4)16(20)19(15(18-17)11-13(2)3)9-6-10-21-12-14-7-8-14/h13-15,18H,5-12H2,1-4H3. The van der Waals surface area contributed by atoms with Gasteiger partial charge in [-0.2, -0.15) is 0 Å². The maximum absolute atomic E-state index is 12.7. The molecule has 2 rings (SSSR count). The Morgan fingerprint density at radius 2 is 2.14 bits per heavy atom. The average molecular weight is 296 g/mol. The van der Waals surface area contributed by atoms with E-state index in [1.807, 2.05) is 11.8 Å². The van der Waals surface area contributed by atoms with E-state index in [0.29, 0.717) is 5.92 Å². The second-order valence-electron chi connectivity index (χ2n) is 7.35. The fourth-order valence-corrected chi connectivity index (χ4v) is 2.98. The van der Waals surface area contributed by atoms with Crippen molar-refractivity contribution >= 4 is 5.91 Å². The van der Waals surface area contributed by atoms with Crippen LogP contribution in [0.3, 0.4) is 0 Å². The van der Waals surface area contributed by atoms with Crippen molar-refractivity contribution in [2.75, 3.05) is 19.8 Å². The summed E-state index contributed by atoms with van der Waals surface area (Å²) in [5.41, 5.74) is -0.381. The normalized spacial score (nSPS) is 29.7. The van der Waals surface area contributed by atoms with Crippen LogP contribution < -0.4 is 5.32 Å². The van der Waals surface area contributed by atoms with Gasteiger partial charge < -0.3 is 9.64 Å². The van der Waals surface area contributed by atoms with E-state index in [-0.39, 0.29) is 17.6 Å². The van der Waals surface area contributed by atoms with Gasteiger partial charge in [0.15, 0.2) is 0 Å². The predicted octanol–water partition coefficient (Wildman–Crippen LogP) is 2.78. The minimum atomic E-state index is -0.381. The molecule has 2 atom stereocenters. The molecule has 21 heavy (non-hydrogen) atoms. The number of hydrogen-bond donors (Lipinski definition) is 1. The molecule has 0 aromatic rings. The monoisotopic (exact) mass is 296 g/mol. The van der Waals surface area contributed by atoms with E-state index in [2.05, 4.69) is 26.1 Å². The minimum Gasteiger partial charge on any atom is -0.381 e. The highest BCUT2D eigenvalue weighted by Crippen LogP contribution is 2.29. The number of ether oxygens (including phenoxy) is 1. The van der Waals surface area contributed by atoms with Crippen LogP contribution in [-0.2, 0) is 9.53 Å². The van der Waals surface area contributed by atoms with E-state index in [1.165, 1.54) is 12.8 Å². The summed E-state index contributed by atoms with van der Waals surface area (Å²) in [5, 5.41) is 3.55. The molecule has 2 aliphatic rings. The lowest BCUT2D eigenvalue weighted by molar-refractivity contribution is -0.133. The lowest BCUT2D eigenvalue weighted by Crippen LogP contribution is -2.44. The molecule has 0 radical (unpaired) electrons. The maximum Gasteiger partial charge on any atom is 0.243 e. The van der Waals surface area contributed by atoms with Crippen LogP contribution in [0.2, 0.25) is 0 Å². The Hall–Kier alpha value is -0.610. The second kappa shape index (κ2) is 7.10. The first-order valence-electron chi connectivity index (χ1n) is 8.62. The van der Waals surface area contributed by atoms with Crippen molar-refractivity contribution in [3.05, 3.63) is 0 Å². The molecule has 1 amide bonds. The lowest BCUT2D eigenvalue weighted by Gasteiger charge is -2.25. The number of hydrogen-bond acceptors (Lipinski definition) is 3. The lowest BCUT2D eigenvalue weighted by atomic mass is 9.99. The van der Waals surface area contributed by atoms with Gasteiger partial charge in [-0.3, -0.25) is 10.1 Å². The van der Waals surface area contributed by atoms with E-state index >= 15 is 0 Å². The van der Waals surface area contributed by atoms with Crippen LogP contribution in [0.5, 0.6) is 0 Å². The Balaban J connectivity index is 1.81. The molecule has 0 spiro atoms. The summed E-state index contributed by atoms with van der Waals surface area (Å²) in [6.45, 7) is 11.0. The van der Waals surface area contributed by atoms with Gasteiger partial charge in [0.2, 0.25) is 5.91 Å². The summed E-state index contributed by atoms with van der Waals surface area (Å²) < 4.78 is 5.69. The maximum atomic E-state index is 12.7. The fourth-order valence-electron chi connectivity index (χ4n) is 2.98. The van der Waals surface area contributed by atoms with Crippen molar-refractivity contribution in [3.63, 3.8) is 0 Å². The molecule has 0 aromatic heterocycles. The first kappa shape index (κ1) is 16.8. The van der Waals surface area contributed by atoms with Gasteiger partial charge in [-0.25, -0.2) is 0 Å². The van der Waals surface area contributed by atoms with E-state index in [4.69, 9.17) is 4.74 Å². The van der Waals surface area contributed by atoms with Crippen molar-refractivity contribution in [1.29, 1.82) is 0 Å². The summed E-state index contributed by atoms with van der Waals surface area (Å²) >= 11 is 0. The van der Waals surface area contributed by atoms with Crippen LogP contribution in [0.25, 0.3) is 0 Å². The van der Waals surface area contributed by atoms with Crippen LogP contribution in [0.15, 0.2) is 0 Å². The zero-order chi connectivity index (χ0) is 15.5. The highest BCUT2D eigenvalue weighted by molar-refractivity contribution is 5.88. The van der Waals surface area contributed by atoms with Gasteiger partial charge in [0.1, 0.15) is 0 Å². The molecule has 1 aliphatic carbocycles. The number of nitrogens with zero attached hydrogens (tertiary/aromatic N) is 1. The first-order chi connectivity index (χ1) is 9.96. The summed E-state index contributed by atoms with van der Waals surface area (Å²) in [5.74, 6) is 1.66. The predicted molar refractivity (Wildman–Crippen MR) is 84.9 cm³/mol. The quantitative estimate of drug-likeness (QED) is 0.665. The van der Waals surface area contributed by atoms with Crippen molar-refractivity contribution < 1.29 is 9.53 Å². The van der Waals surface area contributed by atoms with Crippen LogP contribution in [0, 0.1) is 11.8 Å². The summed E-state index contributed by atoms with van der Waals surface area (Å²) in [6, 6.07) is 0. The third-order valence-corrected chi connectivity index (χ3v) is 4.73. The van der Waals surface area contributed by atoms with E-state index in [9.17, 15) is 4.79 Å². The van der Waals surface area contributed by atoms with Crippen LogP contribution >= 0.6 is 0 Å². The van der Waals surface area contributed by atoms with Gasteiger partial charge in [0, 0.05) is 19.8 Å². The summed E-state index contributed by atoms with van der Waals surface area (Å²) in [6.07, 6.45) is 5.65. The number of amides is 1. The molecule has 1 aliphatic heterocycles. The molecule has 4 heteroatoms. The SMILES string of the molecule is CCC1(C)NC(CC(C)C)N(CCCOCC2CC2)C1=O. The van der Waals surface area contributed by atoms with Crippen LogP contribution in [0.4, 0.5) is 0 Å². The number of nitrogens with one attached hydrogen (secondary N) is 1. The molecule has 1 N–H and O–H groups in total. The average Bonchev–Trinajstić information content (AvgIpc) is 3.21.